The summed E-state index contributed by atoms with van der Waals surface area (Å²) >= 11 is 3.46. The number of benzene rings is 1. The van der Waals surface area contributed by atoms with Crippen LogP contribution in [-0.4, -0.2) is 11.5 Å². The van der Waals surface area contributed by atoms with Gasteiger partial charge in [0, 0.05) is 12.5 Å². The lowest BCUT2D eigenvalue weighted by molar-refractivity contribution is 0.634. The minimum Gasteiger partial charge on any atom is -0.397 e. The van der Waals surface area contributed by atoms with Crippen LogP contribution in [0.15, 0.2) is 41.0 Å². The zero-order valence-electron chi connectivity index (χ0n) is 9.86. The van der Waals surface area contributed by atoms with Crippen LogP contribution in [0.3, 0.4) is 0 Å². The van der Waals surface area contributed by atoms with Gasteiger partial charge in [-0.3, -0.25) is 0 Å². The zero-order valence-corrected chi connectivity index (χ0v) is 11.4. The Bertz CT molecular complexity index is 583. The monoisotopic (exact) mass is 303 g/mol. The Labute approximate surface area is 115 Å². The minimum absolute atomic E-state index is 0.590. The summed E-state index contributed by atoms with van der Waals surface area (Å²) in [7, 11) is 0. The van der Waals surface area contributed by atoms with Crippen molar-refractivity contribution in [3.05, 3.63) is 52.1 Å². The topological polar surface area (TPSA) is 50.9 Å². The third-order valence-electron chi connectivity index (χ3n) is 3.34. The SMILES string of the molecule is Nc1cnc(NCC2Cc3ccccc32)c(Br)c1. The van der Waals surface area contributed by atoms with E-state index in [4.69, 9.17) is 5.73 Å². The number of rotatable bonds is 3. The van der Waals surface area contributed by atoms with Gasteiger partial charge in [0.2, 0.25) is 0 Å². The van der Waals surface area contributed by atoms with E-state index in [0.717, 1.165) is 23.3 Å². The summed E-state index contributed by atoms with van der Waals surface area (Å²) in [6, 6.07) is 10.5. The van der Waals surface area contributed by atoms with Crippen molar-refractivity contribution in [2.24, 2.45) is 0 Å². The molecule has 0 aliphatic heterocycles. The maximum absolute atomic E-state index is 5.66. The molecule has 0 fully saturated rings. The molecule has 0 saturated carbocycles. The van der Waals surface area contributed by atoms with Gasteiger partial charge >= 0.3 is 0 Å². The maximum Gasteiger partial charge on any atom is 0.140 e. The van der Waals surface area contributed by atoms with Gasteiger partial charge < -0.3 is 11.1 Å². The number of anilines is 2. The Morgan fingerprint density at radius 1 is 1.39 bits per heavy atom. The molecule has 3 rings (SSSR count). The molecule has 3 nitrogen and oxygen atoms in total. The van der Waals surface area contributed by atoms with Gasteiger partial charge in [0.15, 0.2) is 0 Å². The van der Waals surface area contributed by atoms with Crippen LogP contribution in [0.25, 0.3) is 0 Å². The van der Waals surface area contributed by atoms with Gasteiger partial charge in [0.05, 0.1) is 16.4 Å². The van der Waals surface area contributed by atoms with Crippen molar-refractivity contribution >= 4 is 27.4 Å². The fourth-order valence-corrected chi connectivity index (χ4v) is 2.85. The lowest BCUT2D eigenvalue weighted by Crippen LogP contribution is -2.24. The lowest BCUT2D eigenvalue weighted by atomic mass is 9.77. The largest absolute Gasteiger partial charge is 0.397 e. The van der Waals surface area contributed by atoms with Crippen LogP contribution >= 0.6 is 15.9 Å². The highest BCUT2D eigenvalue weighted by Gasteiger charge is 2.25. The van der Waals surface area contributed by atoms with Gasteiger partial charge in [-0.1, -0.05) is 24.3 Å². The molecule has 0 radical (unpaired) electrons. The van der Waals surface area contributed by atoms with E-state index >= 15 is 0 Å². The first kappa shape index (κ1) is 11.5. The summed E-state index contributed by atoms with van der Waals surface area (Å²) in [5.74, 6) is 1.45. The van der Waals surface area contributed by atoms with Crippen molar-refractivity contribution < 1.29 is 0 Å². The van der Waals surface area contributed by atoms with Crippen LogP contribution in [0.1, 0.15) is 17.0 Å². The third kappa shape index (κ3) is 2.08. The standard InChI is InChI=1S/C14H14BrN3/c15-13-6-11(16)8-18-14(13)17-7-10-5-9-3-1-2-4-12(9)10/h1-4,6,8,10H,5,7,16H2,(H,17,18). The first-order valence-electron chi connectivity index (χ1n) is 5.97. The number of fused-ring (bicyclic) bond motifs is 1. The van der Waals surface area contributed by atoms with Gasteiger partial charge in [-0.05, 0) is 39.5 Å². The van der Waals surface area contributed by atoms with Gasteiger partial charge in [0.25, 0.3) is 0 Å². The average molecular weight is 304 g/mol. The van der Waals surface area contributed by atoms with E-state index in [9.17, 15) is 0 Å². The number of hydrogen-bond acceptors (Lipinski definition) is 3. The number of halogens is 1. The van der Waals surface area contributed by atoms with Gasteiger partial charge in [-0.15, -0.1) is 0 Å². The number of nitrogens with zero attached hydrogens (tertiary/aromatic N) is 1. The molecule has 4 heteroatoms. The molecule has 0 saturated heterocycles. The van der Waals surface area contributed by atoms with Crippen molar-refractivity contribution in [1.82, 2.24) is 4.98 Å². The Morgan fingerprint density at radius 2 is 2.22 bits per heavy atom. The molecule has 92 valence electrons. The quantitative estimate of drug-likeness (QED) is 0.915. The number of nitrogen functional groups attached to an aromatic ring is 1. The Morgan fingerprint density at radius 3 is 3.00 bits per heavy atom. The molecule has 1 aliphatic rings. The van der Waals surface area contributed by atoms with Crippen molar-refractivity contribution in [2.75, 3.05) is 17.6 Å². The zero-order chi connectivity index (χ0) is 12.5. The van der Waals surface area contributed by atoms with Crippen LogP contribution in [-0.2, 0) is 6.42 Å². The average Bonchev–Trinajstić information content (AvgIpc) is 2.33. The molecular weight excluding hydrogens is 290 g/mol. The van der Waals surface area contributed by atoms with E-state index in [1.165, 1.54) is 11.1 Å². The number of nitrogens with two attached hydrogens (primary N) is 1. The molecule has 1 heterocycles. The molecule has 2 aromatic rings. The Kier molecular flexibility index (Phi) is 2.96. The van der Waals surface area contributed by atoms with E-state index in [1.807, 2.05) is 6.07 Å². The highest BCUT2D eigenvalue weighted by molar-refractivity contribution is 9.10. The molecule has 1 aromatic heterocycles. The third-order valence-corrected chi connectivity index (χ3v) is 3.94. The second-order valence-corrected chi connectivity index (χ2v) is 5.43. The van der Waals surface area contributed by atoms with Crippen molar-refractivity contribution in [2.45, 2.75) is 12.3 Å². The van der Waals surface area contributed by atoms with E-state index in [-0.39, 0.29) is 0 Å². The molecule has 1 aromatic carbocycles. The van der Waals surface area contributed by atoms with Gasteiger partial charge in [0.1, 0.15) is 5.82 Å². The minimum atomic E-state index is 0.590. The maximum atomic E-state index is 5.66. The van der Waals surface area contributed by atoms with Crippen molar-refractivity contribution in [1.29, 1.82) is 0 Å². The molecule has 18 heavy (non-hydrogen) atoms. The van der Waals surface area contributed by atoms with Gasteiger partial charge in [-0.2, -0.15) is 0 Å². The summed E-state index contributed by atoms with van der Waals surface area (Å²) < 4.78 is 0.912. The first-order valence-corrected chi connectivity index (χ1v) is 6.76. The normalized spacial score (nSPS) is 16.8. The molecule has 3 N–H and O–H groups in total. The predicted octanol–water partition coefficient (Wildman–Crippen LogP) is 3.18. The van der Waals surface area contributed by atoms with Gasteiger partial charge in [-0.25, -0.2) is 4.98 Å². The highest BCUT2D eigenvalue weighted by atomic mass is 79.9. The molecule has 1 atom stereocenters. The summed E-state index contributed by atoms with van der Waals surface area (Å²) in [4.78, 5) is 4.28. The Hall–Kier alpha value is -1.55. The molecular formula is C14H14BrN3. The first-order chi connectivity index (χ1) is 8.74. The van der Waals surface area contributed by atoms with Crippen LogP contribution in [0.5, 0.6) is 0 Å². The fourth-order valence-electron chi connectivity index (χ4n) is 2.35. The van der Waals surface area contributed by atoms with E-state index in [0.29, 0.717) is 11.6 Å². The van der Waals surface area contributed by atoms with E-state index in [1.54, 1.807) is 6.20 Å². The molecule has 0 bridgehead atoms. The molecule has 1 unspecified atom stereocenters. The van der Waals surface area contributed by atoms with E-state index in [2.05, 4.69) is 50.5 Å². The predicted molar refractivity (Wildman–Crippen MR) is 77.7 cm³/mol. The smallest absolute Gasteiger partial charge is 0.140 e. The molecule has 0 spiro atoms. The summed E-state index contributed by atoms with van der Waals surface area (Å²) in [5.41, 5.74) is 9.25. The second kappa shape index (κ2) is 4.61. The number of pyridine rings is 1. The second-order valence-electron chi connectivity index (χ2n) is 4.58. The molecule has 0 amide bonds. The number of hydrogen-bond donors (Lipinski definition) is 2. The van der Waals surface area contributed by atoms with E-state index < -0.39 is 0 Å². The summed E-state index contributed by atoms with van der Waals surface area (Å²) in [5, 5.41) is 3.37. The van der Waals surface area contributed by atoms with Crippen LogP contribution < -0.4 is 11.1 Å². The molecule has 1 aliphatic carbocycles. The summed E-state index contributed by atoms with van der Waals surface area (Å²) in [6.45, 7) is 0.909. The van der Waals surface area contributed by atoms with Crippen LogP contribution in [0, 0.1) is 0 Å². The van der Waals surface area contributed by atoms with Crippen LogP contribution in [0.4, 0.5) is 11.5 Å². The number of nitrogens with one attached hydrogen (secondary N) is 1. The van der Waals surface area contributed by atoms with Crippen molar-refractivity contribution in [3.8, 4) is 0 Å². The highest BCUT2D eigenvalue weighted by Crippen LogP contribution is 2.35. The Balaban J connectivity index is 1.66. The lowest BCUT2D eigenvalue weighted by Gasteiger charge is -2.30. The van der Waals surface area contributed by atoms with Crippen molar-refractivity contribution in [3.63, 3.8) is 0 Å². The van der Waals surface area contributed by atoms with Crippen LogP contribution in [0.2, 0.25) is 0 Å². The summed E-state index contributed by atoms with van der Waals surface area (Å²) in [6.07, 6.45) is 2.82. The number of aromatic nitrogens is 1. The fraction of sp³-hybridized carbons (Fsp3) is 0.214.